The van der Waals surface area contributed by atoms with Crippen molar-refractivity contribution in [1.29, 1.82) is 0 Å². The zero-order chi connectivity index (χ0) is 18.6. The van der Waals surface area contributed by atoms with Gasteiger partial charge in [-0.1, -0.05) is 24.3 Å². The Kier molecular flexibility index (Phi) is 5.27. The number of hydrogen-bond acceptors (Lipinski definition) is 6. The van der Waals surface area contributed by atoms with Gasteiger partial charge in [-0.15, -0.1) is 0 Å². The van der Waals surface area contributed by atoms with Gasteiger partial charge in [0.2, 0.25) is 0 Å². The van der Waals surface area contributed by atoms with E-state index in [1.807, 2.05) is 36.4 Å². The minimum absolute atomic E-state index is 0.167. The first kappa shape index (κ1) is 17.8. The highest BCUT2D eigenvalue weighted by Gasteiger charge is 2.29. The first-order chi connectivity index (χ1) is 13.3. The van der Waals surface area contributed by atoms with Crippen molar-refractivity contribution < 1.29 is 14.3 Å². The van der Waals surface area contributed by atoms with E-state index in [1.54, 1.807) is 7.11 Å². The predicted octanol–water partition coefficient (Wildman–Crippen LogP) is 2.91. The first-order valence-electron chi connectivity index (χ1n) is 9.35. The van der Waals surface area contributed by atoms with Crippen molar-refractivity contribution in [3.8, 4) is 5.75 Å². The molecule has 6 heteroatoms. The third-order valence-corrected chi connectivity index (χ3v) is 5.14. The Hall–Kier alpha value is -2.57. The van der Waals surface area contributed by atoms with E-state index in [4.69, 9.17) is 9.15 Å². The number of rotatable bonds is 6. The number of aliphatic hydroxyl groups is 1. The quantitative estimate of drug-likeness (QED) is 0.723. The van der Waals surface area contributed by atoms with E-state index in [1.165, 1.54) is 5.56 Å². The molecule has 0 saturated carbocycles. The maximum absolute atomic E-state index is 9.55. The molecule has 0 amide bonds. The van der Waals surface area contributed by atoms with Crippen LogP contribution in [0, 0.1) is 0 Å². The van der Waals surface area contributed by atoms with Crippen LogP contribution in [0.25, 0.3) is 11.1 Å². The van der Waals surface area contributed by atoms with Gasteiger partial charge < -0.3 is 19.2 Å². The number of nitrogens with zero attached hydrogens (tertiary/aromatic N) is 3. The molecule has 2 aromatic carbocycles. The zero-order valence-corrected chi connectivity index (χ0v) is 15.5. The SMILES string of the molecule is COc1cccc(CN2CCN(c3nc4ccccc4o3)CC2CCO)c1. The summed E-state index contributed by atoms with van der Waals surface area (Å²) in [6, 6.07) is 16.9. The average Bonchev–Trinajstić information content (AvgIpc) is 3.14. The van der Waals surface area contributed by atoms with Crippen molar-refractivity contribution >= 4 is 17.1 Å². The summed E-state index contributed by atoms with van der Waals surface area (Å²) in [5, 5.41) is 9.55. The topological polar surface area (TPSA) is 62.0 Å². The minimum atomic E-state index is 0.167. The highest BCUT2D eigenvalue weighted by molar-refractivity contribution is 5.74. The van der Waals surface area contributed by atoms with Gasteiger partial charge in [-0.3, -0.25) is 4.90 Å². The lowest BCUT2D eigenvalue weighted by Crippen LogP contribution is -2.53. The molecule has 1 N–H and O–H groups in total. The molecule has 1 atom stereocenters. The number of methoxy groups -OCH3 is 1. The molecule has 1 aliphatic rings. The Morgan fingerprint density at radius 3 is 2.89 bits per heavy atom. The standard InChI is InChI=1S/C21H25N3O3/c1-26-18-6-4-5-16(13-18)14-23-10-11-24(15-17(23)9-12-25)21-22-19-7-2-3-8-20(19)27-21/h2-8,13,17,25H,9-12,14-15H2,1H3. The van der Waals surface area contributed by atoms with Crippen LogP contribution in [0.1, 0.15) is 12.0 Å². The average molecular weight is 367 g/mol. The number of ether oxygens (including phenoxy) is 1. The van der Waals surface area contributed by atoms with Gasteiger partial charge >= 0.3 is 0 Å². The van der Waals surface area contributed by atoms with Gasteiger partial charge in [-0.25, -0.2) is 0 Å². The molecule has 1 aromatic heterocycles. The van der Waals surface area contributed by atoms with Gasteiger partial charge in [0.15, 0.2) is 5.58 Å². The third-order valence-electron chi connectivity index (χ3n) is 5.14. The van der Waals surface area contributed by atoms with Gasteiger partial charge in [-0.2, -0.15) is 4.98 Å². The van der Waals surface area contributed by atoms with Crippen LogP contribution in [-0.4, -0.2) is 54.4 Å². The summed E-state index contributed by atoms with van der Waals surface area (Å²) in [5.41, 5.74) is 2.91. The van der Waals surface area contributed by atoms with Gasteiger partial charge in [0.1, 0.15) is 11.3 Å². The van der Waals surface area contributed by atoms with Crippen LogP contribution in [0.2, 0.25) is 0 Å². The number of aromatic nitrogens is 1. The Morgan fingerprint density at radius 2 is 2.07 bits per heavy atom. The molecule has 27 heavy (non-hydrogen) atoms. The fourth-order valence-corrected chi connectivity index (χ4v) is 3.70. The molecule has 0 radical (unpaired) electrons. The molecule has 3 aromatic rings. The number of hydrogen-bond donors (Lipinski definition) is 1. The van der Waals surface area contributed by atoms with Crippen molar-refractivity contribution in [3.63, 3.8) is 0 Å². The van der Waals surface area contributed by atoms with Crippen molar-refractivity contribution in [2.24, 2.45) is 0 Å². The van der Waals surface area contributed by atoms with Crippen molar-refractivity contribution in [3.05, 3.63) is 54.1 Å². The second-order valence-corrected chi connectivity index (χ2v) is 6.90. The lowest BCUT2D eigenvalue weighted by molar-refractivity contribution is 0.133. The second kappa shape index (κ2) is 7.98. The maximum Gasteiger partial charge on any atom is 0.298 e. The monoisotopic (exact) mass is 367 g/mol. The molecular formula is C21H25N3O3. The van der Waals surface area contributed by atoms with Crippen LogP contribution in [0.3, 0.4) is 0 Å². The number of fused-ring (bicyclic) bond motifs is 1. The molecule has 1 fully saturated rings. The molecule has 6 nitrogen and oxygen atoms in total. The van der Waals surface area contributed by atoms with Crippen molar-refractivity contribution in [2.75, 3.05) is 38.3 Å². The van der Waals surface area contributed by atoms with E-state index in [-0.39, 0.29) is 12.6 Å². The molecule has 1 unspecified atom stereocenters. The Labute approximate surface area is 159 Å². The van der Waals surface area contributed by atoms with Gasteiger partial charge in [-0.05, 0) is 36.2 Å². The van der Waals surface area contributed by atoms with Gasteiger partial charge in [0.05, 0.1) is 7.11 Å². The number of oxazole rings is 1. The van der Waals surface area contributed by atoms with Crippen molar-refractivity contribution in [2.45, 2.75) is 19.0 Å². The van der Waals surface area contributed by atoms with E-state index in [0.717, 1.165) is 49.4 Å². The Bertz CT molecular complexity index is 862. The normalized spacial score (nSPS) is 18.1. The molecular weight excluding hydrogens is 342 g/mol. The van der Waals surface area contributed by atoms with E-state index in [0.29, 0.717) is 6.01 Å². The van der Waals surface area contributed by atoms with Crippen LogP contribution in [0.5, 0.6) is 5.75 Å². The molecule has 4 rings (SSSR count). The largest absolute Gasteiger partial charge is 0.497 e. The lowest BCUT2D eigenvalue weighted by atomic mass is 10.1. The third kappa shape index (κ3) is 3.91. The highest BCUT2D eigenvalue weighted by Crippen LogP contribution is 2.26. The summed E-state index contributed by atoms with van der Waals surface area (Å²) in [4.78, 5) is 9.23. The van der Waals surface area contributed by atoms with E-state index in [9.17, 15) is 5.11 Å². The lowest BCUT2D eigenvalue weighted by Gasteiger charge is -2.40. The zero-order valence-electron chi connectivity index (χ0n) is 15.5. The highest BCUT2D eigenvalue weighted by atomic mass is 16.5. The van der Waals surface area contributed by atoms with Crippen LogP contribution >= 0.6 is 0 Å². The summed E-state index contributed by atoms with van der Waals surface area (Å²) < 4.78 is 11.3. The molecule has 2 heterocycles. The fourth-order valence-electron chi connectivity index (χ4n) is 3.70. The number of piperazine rings is 1. The van der Waals surface area contributed by atoms with Gasteiger partial charge in [0, 0.05) is 38.8 Å². The Morgan fingerprint density at radius 1 is 1.19 bits per heavy atom. The molecule has 1 aliphatic heterocycles. The van der Waals surface area contributed by atoms with Crippen LogP contribution in [-0.2, 0) is 6.54 Å². The number of aliphatic hydroxyl groups excluding tert-OH is 1. The van der Waals surface area contributed by atoms with E-state index >= 15 is 0 Å². The number of anilines is 1. The minimum Gasteiger partial charge on any atom is -0.497 e. The molecule has 0 aliphatic carbocycles. The maximum atomic E-state index is 9.55. The van der Waals surface area contributed by atoms with E-state index in [2.05, 4.69) is 26.9 Å². The summed E-state index contributed by atoms with van der Waals surface area (Å²) in [7, 11) is 1.69. The van der Waals surface area contributed by atoms with Crippen molar-refractivity contribution in [1.82, 2.24) is 9.88 Å². The summed E-state index contributed by atoms with van der Waals surface area (Å²) in [6.07, 6.45) is 0.723. The number of benzene rings is 2. The predicted molar refractivity (Wildman–Crippen MR) is 105 cm³/mol. The molecule has 1 saturated heterocycles. The van der Waals surface area contributed by atoms with Gasteiger partial charge in [0.25, 0.3) is 6.01 Å². The second-order valence-electron chi connectivity index (χ2n) is 6.90. The summed E-state index contributed by atoms with van der Waals surface area (Å²) >= 11 is 0. The first-order valence-corrected chi connectivity index (χ1v) is 9.35. The summed E-state index contributed by atoms with van der Waals surface area (Å²) in [6.45, 7) is 3.53. The number of para-hydroxylation sites is 2. The Balaban J connectivity index is 1.49. The summed E-state index contributed by atoms with van der Waals surface area (Å²) in [5.74, 6) is 0.872. The van der Waals surface area contributed by atoms with Crippen LogP contribution < -0.4 is 9.64 Å². The fraction of sp³-hybridized carbons (Fsp3) is 0.381. The van der Waals surface area contributed by atoms with Crippen LogP contribution in [0.4, 0.5) is 6.01 Å². The van der Waals surface area contributed by atoms with E-state index < -0.39 is 0 Å². The smallest absolute Gasteiger partial charge is 0.298 e. The van der Waals surface area contributed by atoms with Crippen LogP contribution in [0.15, 0.2) is 52.9 Å². The molecule has 0 spiro atoms. The molecule has 142 valence electrons. The molecule has 0 bridgehead atoms.